The smallest absolute Gasteiger partial charge is 0.0671 e. The molecule has 2 nitrogen and oxygen atoms in total. The summed E-state index contributed by atoms with van der Waals surface area (Å²) in [5.74, 6) is 0.851. The summed E-state index contributed by atoms with van der Waals surface area (Å²) < 4.78 is 0. The second kappa shape index (κ2) is 5.02. The molecule has 0 saturated heterocycles. The first kappa shape index (κ1) is 12.2. The lowest BCUT2D eigenvalue weighted by Crippen LogP contribution is -2.46. The molecule has 0 bridgehead atoms. The molecule has 0 heterocycles. The molecule has 0 aromatic heterocycles. The van der Waals surface area contributed by atoms with Crippen LogP contribution in [0.25, 0.3) is 0 Å². The predicted molar refractivity (Wildman–Crippen MR) is 73.5 cm³/mol. The first-order valence-corrected chi connectivity index (χ1v) is 7.28. The van der Waals surface area contributed by atoms with E-state index in [1.54, 1.807) is 0 Å². The fraction of sp³-hybridized carbons (Fsp3) is 0.625. The Bertz CT molecular complexity index is 413. The third-order valence-corrected chi connectivity index (χ3v) is 4.53. The molecule has 1 atom stereocenters. The van der Waals surface area contributed by atoms with E-state index >= 15 is 0 Å². The molecule has 2 N–H and O–H groups in total. The summed E-state index contributed by atoms with van der Waals surface area (Å²) in [4.78, 5) is 0. The zero-order valence-electron chi connectivity index (χ0n) is 11.0. The zero-order valence-corrected chi connectivity index (χ0v) is 11.0. The van der Waals surface area contributed by atoms with Crippen molar-refractivity contribution in [3.63, 3.8) is 0 Å². The number of benzene rings is 1. The molecule has 0 spiro atoms. The second-order valence-electron chi connectivity index (χ2n) is 5.93. The van der Waals surface area contributed by atoms with Gasteiger partial charge in [-0.2, -0.15) is 0 Å². The molecule has 3 rings (SSSR count). The number of aryl methyl sites for hydroxylation is 1. The van der Waals surface area contributed by atoms with Crippen LogP contribution in [-0.4, -0.2) is 18.3 Å². The van der Waals surface area contributed by atoms with E-state index in [1.807, 2.05) is 0 Å². The van der Waals surface area contributed by atoms with Crippen LogP contribution in [0.4, 0.5) is 0 Å². The van der Waals surface area contributed by atoms with E-state index in [0.29, 0.717) is 0 Å². The van der Waals surface area contributed by atoms with Gasteiger partial charge in [-0.25, -0.2) is 0 Å². The molecule has 98 valence electrons. The summed E-state index contributed by atoms with van der Waals surface area (Å²) in [6, 6.07) is 8.65. The van der Waals surface area contributed by atoms with E-state index in [1.165, 1.54) is 36.8 Å². The van der Waals surface area contributed by atoms with E-state index in [9.17, 15) is 5.11 Å². The Hall–Kier alpha value is -0.860. The Balaban J connectivity index is 1.90. The van der Waals surface area contributed by atoms with Crippen LogP contribution in [0.5, 0.6) is 0 Å². The van der Waals surface area contributed by atoms with Crippen molar-refractivity contribution in [1.29, 1.82) is 0 Å². The summed E-state index contributed by atoms with van der Waals surface area (Å²) in [6.45, 7) is 1.28. The van der Waals surface area contributed by atoms with Gasteiger partial charge in [0.1, 0.15) is 0 Å². The fourth-order valence-electron chi connectivity index (χ4n) is 3.15. The van der Waals surface area contributed by atoms with Gasteiger partial charge in [0.25, 0.3) is 0 Å². The van der Waals surface area contributed by atoms with Crippen molar-refractivity contribution in [1.82, 2.24) is 5.32 Å². The highest BCUT2D eigenvalue weighted by atomic mass is 16.3. The van der Waals surface area contributed by atoms with Crippen LogP contribution in [0.2, 0.25) is 0 Å². The first-order valence-electron chi connectivity index (χ1n) is 7.28. The molecule has 1 saturated carbocycles. The molecule has 0 amide bonds. The van der Waals surface area contributed by atoms with Crippen LogP contribution in [0, 0.1) is 5.92 Å². The molecular weight excluding hydrogens is 222 g/mol. The van der Waals surface area contributed by atoms with Gasteiger partial charge in [0.05, 0.1) is 12.1 Å². The third-order valence-electron chi connectivity index (χ3n) is 4.53. The lowest BCUT2D eigenvalue weighted by atomic mass is 9.85. The lowest BCUT2D eigenvalue weighted by Gasteiger charge is -2.34. The monoisotopic (exact) mass is 245 g/mol. The maximum atomic E-state index is 9.98. The third kappa shape index (κ3) is 2.32. The molecule has 0 radical (unpaired) electrons. The highest BCUT2D eigenvalue weighted by Gasteiger charge is 2.35. The molecule has 1 fully saturated rings. The van der Waals surface area contributed by atoms with Gasteiger partial charge in [0, 0.05) is 0 Å². The van der Waals surface area contributed by atoms with Crippen molar-refractivity contribution in [2.45, 2.75) is 44.1 Å². The Morgan fingerprint density at radius 1 is 1.22 bits per heavy atom. The van der Waals surface area contributed by atoms with Gasteiger partial charge in [0.2, 0.25) is 0 Å². The lowest BCUT2D eigenvalue weighted by molar-refractivity contribution is 0.148. The molecule has 2 aliphatic carbocycles. The summed E-state index contributed by atoms with van der Waals surface area (Å²) in [5.41, 5.74) is 2.58. The van der Waals surface area contributed by atoms with Crippen molar-refractivity contribution in [2.75, 3.05) is 13.2 Å². The summed E-state index contributed by atoms with van der Waals surface area (Å²) in [5, 5.41) is 13.7. The van der Waals surface area contributed by atoms with E-state index in [2.05, 4.69) is 29.6 Å². The number of fused-ring (bicyclic) bond motifs is 1. The quantitative estimate of drug-likeness (QED) is 0.799. The summed E-state index contributed by atoms with van der Waals surface area (Å²) in [7, 11) is 0. The normalized spacial score (nSPS) is 27.6. The summed E-state index contributed by atoms with van der Waals surface area (Å²) in [6.07, 6.45) is 7.37. The maximum absolute atomic E-state index is 9.98. The van der Waals surface area contributed by atoms with Gasteiger partial charge in [-0.3, -0.25) is 0 Å². The van der Waals surface area contributed by atoms with Gasteiger partial charge in [-0.15, -0.1) is 0 Å². The number of nitrogens with one attached hydrogen (secondary N) is 1. The largest absolute Gasteiger partial charge is 0.394 e. The van der Waals surface area contributed by atoms with Gasteiger partial charge < -0.3 is 10.4 Å². The fourth-order valence-corrected chi connectivity index (χ4v) is 3.15. The van der Waals surface area contributed by atoms with Gasteiger partial charge in [0.15, 0.2) is 0 Å². The number of hydrogen-bond acceptors (Lipinski definition) is 2. The van der Waals surface area contributed by atoms with Crippen LogP contribution in [0.15, 0.2) is 24.3 Å². The van der Waals surface area contributed by atoms with E-state index in [-0.39, 0.29) is 12.1 Å². The number of aliphatic hydroxyl groups is 1. The SMILES string of the molecule is OCC1(NCC2CC2)CCCCc2ccccc21. The molecule has 1 aromatic rings. The minimum atomic E-state index is -0.185. The first-order chi connectivity index (χ1) is 8.84. The van der Waals surface area contributed by atoms with Gasteiger partial charge in [-0.05, 0) is 55.7 Å². The highest BCUT2D eigenvalue weighted by Crippen LogP contribution is 2.36. The van der Waals surface area contributed by atoms with Crippen LogP contribution in [0.3, 0.4) is 0 Å². The van der Waals surface area contributed by atoms with Crippen molar-refractivity contribution in [3.05, 3.63) is 35.4 Å². The number of rotatable bonds is 4. The molecule has 1 aromatic carbocycles. The highest BCUT2D eigenvalue weighted by molar-refractivity contribution is 5.35. The Morgan fingerprint density at radius 2 is 2.06 bits per heavy atom. The number of aliphatic hydroxyl groups excluding tert-OH is 1. The predicted octanol–water partition coefficient (Wildman–Crippen LogP) is 2.60. The van der Waals surface area contributed by atoms with E-state index in [4.69, 9.17) is 0 Å². The number of hydrogen-bond donors (Lipinski definition) is 2. The molecule has 18 heavy (non-hydrogen) atoms. The van der Waals surface area contributed by atoms with E-state index < -0.39 is 0 Å². The topological polar surface area (TPSA) is 32.3 Å². The average molecular weight is 245 g/mol. The Morgan fingerprint density at radius 3 is 2.83 bits per heavy atom. The van der Waals surface area contributed by atoms with E-state index in [0.717, 1.165) is 25.3 Å². The minimum Gasteiger partial charge on any atom is -0.394 e. The Kier molecular flexibility index (Phi) is 3.40. The molecular formula is C16H23NO. The van der Waals surface area contributed by atoms with Gasteiger partial charge >= 0.3 is 0 Å². The van der Waals surface area contributed by atoms with Crippen LogP contribution < -0.4 is 5.32 Å². The van der Waals surface area contributed by atoms with Crippen LogP contribution >= 0.6 is 0 Å². The van der Waals surface area contributed by atoms with Crippen molar-refractivity contribution >= 4 is 0 Å². The molecule has 2 aliphatic rings. The van der Waals surface area contributed by atoms with Crippen molar-refractivity contribution in [2.24, 2.45) is 5.92 Å². The standard InChI is InChI=1S/C16H23NO/c18-12-16(17-11-13-8-9-13)10-4-3-6-14-5-1-2-7-15(14)16/h1-2,5,7,13,17-18H,3-4,6,8-12H2. The molecule has 1 unspecified atom stereocenters. The zero-order chi connectivity index (χ0) is 12.4. The summed E-state index contributed by atoms with van der Waals surface area (Å²) >= 11 is 0. The average Bonchev–Trinajstić information content (AvgIpc) is 3.24. The molecule has 0 aliphatic heterocycles. The maximum Gasteiger partial charge on any atom is 0.0671 e. The molecule has 2 heteroatoms. The van der Waals surface area contributed by atoms with Gasteiger partial charge in [-0.1, -0.05) is 30.7 Å². The van der Waals surface area contributed by atoms with Crippen molar-refractivity contribution < 1.29 is 5.11 Å². The minimum absolute atomic E-state index is 0.185. The van der Waals surface area contributed by atoms with Crippen LogP contribution in [0.1, 0.15) is 43.2 Å². The Labute approximate surface area is 109 Å². The van der Waals surface area contributed by atoms with Crippen molar-refractivity contribution in [3.8, 4) is 0 Å². The van der Waals surface area contributed by atoms with Crippen LogP contribution in [-0.2, 0) is 12.0 Å². The second-order valence-corrected chi connectivity index (χ2v) is 5.93.